The van der Waals surface area contributed by atoms with E-state index < -0.39 is 17.0 Å². The number of hydrogen-bond acceptors (Lipinski definition) is 4. The minimum absolute atomic E-state index is 0.241. The van der Waals surface area contributed by atoms with Crippen LogP contribution in [0, 0.1) is 10.1 Å². The molecule has 1 rings (SSSR count). The number of nitrogens with zero attached hydrogens (tertiary/aromatic N) is 1. The van der Waals surface area contributed by atoms with Crippen molar-refractivity contribution in [3.05, 3.63) is 39.4 Å². The highest BCUT2D eigenvalue weighted by molar-refractivity contribution is 5.97. The van der Waals surface area contributed by atoms with Crippen LogP contribution in [0.1, 0.15) is 20.7 Å². The Morgan fingerprint density at radius 3 is 2.31 bits per heavy atom. The van der Waals surface area contributed by atoms with Crippen molar-refractivity contribution in [3.63, 3.8) is 0 Å². The average Bonchev–Trinajstić information content (AvgIpc) is 2.15. The van der Waals surface area contributed by atoms with Crippen LogP contribution in [0.2, 0.25) is 0 Å². The van der Waals surface area contributed by atoms with E-state index in [1.165, 1.54) is 0 Å². The topological polar surface area (TPSA) is 130 Å². The summed E-state index contributed by atoms with van der Waals surface area (Å²) in [6.07, 6.45) is 0. The van der Waals surface area contributed by atoms with Gasteiger partial charge in [-0.25, -0.2) is 19.7 Å². The van der Waals surface area contributed by atoms with Crippen LogP contribution >= 0.6 is 0 Å². The van der Waals surface area contributed by atoms with E-state index in [0.717, 1.165) is 18.2 Å². The summed E-state index contributed by atoms with van der Waals surface area (Å²) in [7, 11) is 0. The SMILES string of the molecule is O=C(O)c1ccc(C(=O)O)c(N[N+](=O)[O-])c1. The van der Waals surface area contributed by atoms with E-state index in [1.54, 1.807) is 5.43 Å². The van der Waals surface area contributed by atoms with Gasteiger partial charge in [0.1, 0.15) is 5.69 Å². The van der Waals surface area contributed by atoms with E-state index in [0.29, 0.717) is 0 Å². The molecule has 0 bridgehead atoms. The molecule has 0 radical (unpaired) electrons. The lowest BCUT2D eigenvalue weighted by atomic mass is 10.1. The summed E-state index contributed by atoms with van der Waals surface area (Å²) < 4.78 is 0. The number of hydrazine groups is 1. The van der Waals surface area contributed by atoms with Gasteiger partial charge in [0.2, 0.25) is 0 Å². The Hall–Kier alpha value is -2.64. The van der Waals surface area contributed by atoms with Crippen LogP contribution in [0.25, 0.3) is 0 Å². The largest absolute Gasteiger partial charge is 0.478 e. The molecule has 0 aromatic heterocycles. The van der Waals surface area contributed by atoms with Crippen LogP contribution in [0.5, 0.6) is 0 Å². The van der Waals surface area contributed by atoms with E-state index in [4.69, 9.17) is 10.2 Å². The van der Waals surface area contributed by atoms with E-state index in [2.05, 4.69) is 0 Å². The average molecular weight is 226 g/mol. The standard InChI is InChI=1S/C8H6N2O6/c11-7(12)4-1-2-5(8(13)14)6(3-4)9-10(15)16/h1-3,9H,(H,11,12)(H,13,14). The van der Waals surface area contributed by atoms with Gasteiger partial charge in [0, 0.05) is 0 Å². The summed E-state index contributed by atoms with van der Waals surface area (Å²) in [5.41, 5.74) is 0.636. The molecule has 0 amide bonds. The lowest BCUT2D eigenvalue weighted by Crippen LogP contribution is -2.13. The summed E-state index contributed by atoms with van der Waals surface area (Å²) >= 11 is 0. The van der Waals surface area contributed by atoms with Crippen molar-refractivity contribution in [2.24, 2.45) is 0 Å². The number of carboxylic acid groups (broad SMARTS) is 2. The van der Waals surface area contributed by atoms with Gasteiger partial charge in [-0.15, -0.1) is 5.43 Å². The fourth-order valence-electron chi connectivity index (χ4n) is 1.05. The molecule has 16 heavy (non-hydrogen) atoms. The van der Waals surface area contributed by atoms with Gasteiger partial charge in [-0.1, -0.05) is 0 Å². The lowest BCUT2D eigenvalue weighted by Gasteiger charge is -2.03. The zero-order chi connectivity index (χ0) is 12.3. The third-order valence-electron chi connectivity index (χ3n) is 1.71. The zero-order valence-electron chi connectivity index (χ0n) is 7.71. The van der Waals surface area contributed by atoms with E-state index in [1.807, 2.05) is 0 Å². The molecule has 3 N–H and O–H groups in total. The number of carbonyl (C=O) groups is 2. The third kappa shape index (κ3) is 2.44. The molecule has 8 heteroatoms. The molecule has 0 saturated heterocycles. The second kappa shape index (κ2) is 4.26. The Kier molecular flexibility index (Phi) is 3.04. The van der Waals surface area contributed by atoms with Crippen LogP contribution in [0.3, 0.4) is 0 Å². The predicted molar refractivity (Wildman–Crippen MR) is 51.0 cm³/mol. The first kappa shape index (κ1) is 11.4. The predicted octanol–water partition coefficient (Wildman–Crippen LogP) is 0.687. The molecule has 0 atom stereocenters. The Balaban J connectivity index is 3.26. The number of hydrogen-bond donors (Lipinski definition) is 3. The Labute approximate surface area is 88.2 Å². The fourth-order valence-corrected chi connectivity index (χ4v) is 1.05. The van der Waals surface area contributed by atoms with Gasteiger partial charge in [-0.3, -0.25) is 0 Å². The first-order chi connectivity index (χ1) is 7.41. The second-order valence-corrected chi connectivity index (χ2v) is 2.74. The van der Waals surface area contributed by atoms with Crippen LogP contribution in [-0.2, 0) is 0 Å². The van der Waals surface area contributed by atoms with Crippen LogP contribution in [0.15, 0.2) is 18.2 Å². The molecule has 0 aliphatic rings. The monoisotopic (exact) mass is 226 g/mol. The summed E-state index contributed by atoms with van der Waals surface area (Å²) in [5.74, 6) is -2.69. The first-order valence-corrected chi connectivity index (χ1v) is 3.93. The molecule has 0 aliphatic carbocycles. The van der Waals surface area contributed by atoms with Gasteiger partial charge in [0.25, 0.3) is 0 Å². The van der Waals surface area contributed by atoms with Crippen molar-refractivity contribution < 1.29 is 24.8 Å². The van der Waals surface area contributed by atoms with E-state index in [-0.39, 0.29) is 16.8 Å². The molecule has 8 nitrogen and oxygen atoms in total. The lowest BCUT2D eigenvalue weighted by molar-refractivity contribution is -0.445. The number of nitro groups is 1. The molecular weight excluding hydrogens is 220 g/mol. The number of rotatable bonds is 4. The second-order valence-electron chi connectivity index (χ2n) is 2.74. The Morgan fingerprint density at radius 1 is 1.25 bits per heavy atom. The maximum Gasteiger partial charge on any atom is 0.338 e. The van der Waals surface area contributed by atoms with E-state index in [9.17, 15) is 19.7 Å². The summed E-state index contributed by atoms with van der Waals surface area (Å²) in [6, 6.07) is 2.92. The molecule has 0 fully saturated rings. The van der Waals surface area contributed by atoms with Crippen LogP contribution < -0.4 is 5.43 Å². The molecule has 1 aromatic carbocycles. The highest BCUT2D eigenvalue weighted by Gasteiger charge is 2.16. The number of benzene rings is 1. The van der Waals surface area contributed by atoms with Crippen molar-refractivity contribution in [1.82, 2.24) is 0 Å². The third-order valence-corrected chi connectivity index (χ3v) is 1.71. The quantitative estimate of drug-likeness (QED) is 0.508. The van der Waals surface area contributed by atoms with Gasteiger partial charge in [0.05, 0.1) is 11.1 Å². The van der Waals surface area contributed by atoms with Gasteiger partial charge in [-0.2, -0.15) is 0 Å². The zero-order valence-corrected chi connectivity index (χ0v) is 7.71. The molecular formula is C8H6N2O6. The molecule has 1 aromatic rings. The normalized spacial score (nSPS) is 9.50. The van der Waals surface area contributed by atoms with Crippen molar-refractivity contribution in [2.45, 2.75) is 0 Å². The Bertz CT molecular complexity index is 470. The molecule has 0 spiro atoms. The number of nitrogens with one attached hydrogen (secondary N) is 1. The van der Waals surface area contributed by atoms with Crippen molar-refractivity contribution in [2.75, 3.05) is 5.43 Å². The van der Waals surface area contributed by atoms with Crippen molar-refractivity contribution >= 4 is 17.6 Å². The molecule has 0 aliphatic heterocycles. The molecule has 0 unspecified atom stereocenters. The number of carboxylic acids is 2. The minimum Gasteiger partial charge on any atom is -0.478 e. The van der Waals surface area contributed by atoms with Crippen LogP contribution in [-0.4, -0.2) is 27.2 Å². The van der Waals surface area contributed by atoms with Gasteiger partial charge in [0.15, 0.2) is 5.03 Å². The number of aromatic carboxylic acids is 2. The van der Waals surface area contributed by atoms with Gasteiger partial charge in [-0.05, 0) is 18.2 Å². The number of anilines is 1. The minimum atomic E-state index is -1.39. The van der Waals surface area contributed by atoms with E-state index >= 15 is 0 Å². The van der Waals surface area contributed by atoms with Gasteiger partial charge < -0.3 is 10.2 Å². The maximum atomic E-state index is 10.7. The maximum absolute atomic E-state index is 10.7. The highest BCUT2D eigenvalue weighted by atomic mass is 16.7. The van der Waals surface area contributed by atoms with Crippen LogP contribution in [0.4, 0.5) is 5.69 Å². The smallest absolute Gasteiger partial charge is 0.338 e. The van der Waals surface area contributed by atoms with Gasteiger partial charge >= 0.3 is 11.9 Å². The summed E-state index contributed by atoms with van der Waals surface area (Å²) in [6.45, 7) is 0. The molecule has 84 valence electrons. The first-order valence-electron chi connectivity index (χ1n) is 3.93. The highest BCUT2D eigenvalue weighted by Crippen LogP contribution is 2.18. The molecule has 0 heterocycles. The summed E-state index contributed by atoms with van der Waals surface area (Å²) in [5, 5.41) is 26.5. The van der Waals surface area contributed by atoms with Crippen molar-refractivity contribution in [1.29, 1.82) is 0 Å². The summed E-state index contributed by atoms with van der Waals surface area (Å²) in [4.78, 5) is 31.4. The molecule has 0 saturated carbocycles. The van der Waals surface area contributed by atoms with Crippen molar-refractivity contribution in [3.8, 4) is 0 Å². The fraction of sp³-hybridized carbons (Fsp3) is 0. The Morgan fingerprint density at radius 2 is 1.88 bits per heavy atom.